The van der Waals surface area contributed by atoms with Crippen molar-refractivity contribution in [3.05, 3.63) is 53.4 Å². The Balaban J connectivity index is 0.000000210. The first-order valence-corrected chi connectivity index (χ1v) is 9.79. The van der Waals surface area contributed by atoms with Gasteiger partial charge in [-0.05, 0) is 18.9 Å². The van der Waals surface area contributed by atoms with Crippen molar-refractivity contribution in [3.8, 4) is 11.3 Å². The molecule has 1 saturated heterocycles. The van der Waals surface area contributed by atoms with E-state index in [9.17, 15) is 22.8 Å². The number of nitrogens with one attached hydrogen (secondary N) is 1. The second kappa shape index (κ2) is 9.19. The lowest BCUT2D eigenvalue weighted by Gasteiger charge is -2.17. The molecule has 0 saturated carbocycles. The largest absolute Gasteiger partial charge is 0.420 e. The molecule has 1 aliphatic rings. The van der Waals surface area contributed by atoms with Gasteiger partial charge in [-0.3, -0.25) is 14.3 Å². The van der Waals surface area contributed by atoms with Crippen LogP contribution in [0.25, 0.3) is 16.8 Å². The van der Waals surface area contributed by atoms with E-state index in [1.165, 1.54) is 36.0 Å². The molecule has 0 radical (unpaired) electrons. The molecule has 4 rings (SSSR count). The second-order valence-corrected chi connectivity index (χ2v) is 7.19. The number of H-pyrrole nitrogens is 1. The number of rotatable bonds is 2. The third kappa shape index (κ3) is 5.22. The number of halogens is 3. The molecule has 1 aliphatic heterocycles. The molecule has 4 heterocycles. The van der Waals surface area contributed by atoms with Gasteiger partial charge in [-0.15, -0.1) is 0 Å². The fourth-order valence-electron chi connectivity index (χ4n) is 3.36. The van der Waals surface area contributed by atoms with Crippen LogP contribution in [0.4, 0.5) is 13.2 Å². The second-order valence-electron chi connectivity index (χ2n) is 7.19. The molecule has 1 N–H and O–H groups in total. The Kier molecular flexibility index (Phi) is 6.62. The van der Waals surface area contributed by atoms with Crippen LogP contribution < -0.4 is 5.56 Å². The van der Waals surface area contributed by atoms with E-state index in [0.717, 1.165) is 30.4 Å². The van der Waals surface area contributed by atoms with Crippen LogP contribution in [0.1, 0.15) is 31.2 Å². The Labute approximate surface area is 176 Å². The van der Waals surface area contributed by atoms with E-state index in [1.54, 1.807) is 13.2 Å². The summed E-state index contributed by atoms with van der Waals surface area (Å²) in [7, 11) is 1.69. The monoisotopic (exact) mass is 436 g/mol. The van der Waals surface area contributed by atoms with Gasteiger partial charge >= 0.3 is 6.18 Å². The highest BCUT2D eigenvalue weighted by Gasteiger charge is 2.35. The average molecular weight is 436 g/mol. The van der Waals surface area contributed by atoms with Crippen LogP contribution in [0.5, 0.6) is 0 Å². The van der Waals surface area contributed by atoms with Crippen molar-refractivity contribution >= 4 is 11.4 Å². The van der Waals surface area contributed by atoms with Crippen molar-refractivity contribution in [3.63, 3.8) is 0 Å². The maximum Gasteiger partial charge on any atom is 0.420 e. The summed E-state index contributed by atoms with van der Waals surface area (Å²) in [6.07, 6.45) is 6.70. The van der Waals surface area contributed by atoms with Gasteiger partial charge in [0, 0.05) is 31.9 Å². The normalized spacial score (nSPS) is 14.6. The molecule has 0 atom stereocenters. The standard InChI is InChI=1S/C11H8F3N5O.C9H15NO/c1-18-4-6(2-15-18)8-5-19-9(10(20)17-8)7(3-16-19)11(12,13)14;1-2-9(11)10-7-5-3-4-6-8-10/h2-5H,1H3,(H,17,20);2H,1,3-8H2. The number of aromatic amines is 1. The molecule has 0 unspecified atom stereocenters. The number of likely N-dealkylation sites (tertiary alicyclic amines) is 1. The summed E-state index contributed by atoms with van der Waals surface area (Å²) in [5, 5.41) is 7.52. The summed E-state index contributed by atoms with van der Waals surface area (Å²) in [5.74, 6) is 0.0897. The number of carbonyl (C=O) groups is 1. The number of aromatic nitrogens is 5. The average Bonchev–Trinajstić information content (AvgIpc) is 3.26. The van der Waals surface area contributed by atoms with E-state index >= 15 is 0 Å². The van der Waals surface area contributed by atoms with Gasteiger partial charge in [-0.1, -0.05) is 19.4 Å². The molecular weight excluding hydrogens is 413 g/mol. The van der Waals surface area contributed by atoms with Gasteiger partial charge in [-0.25, -0.2) is 4.52 Å². The third-order valence-corrected chi connectivity index (χ3v) is 4.92. The highest BCUT2D eigenvalue weighted by molar-refractivity contribution is 5.86. The zero-order valence-corrected chi connectivity index (χ0v) is 17.0. The number of hydrogen-bond acceptors (Lipinski definition) is 4. The maximum absolute atomic E-state index is 12.7. The summed E-state index contributed by atoms with van der Waals surface area (Å²) in [5.41, 5.74) is -1.51. The SMILES string of the molecule is C=CC(=O)N1CCCCCC1.Cn1cc(-c2cn3ncc(C(F)(F)F)c3c(=O)[nH]2)cn1. The van der Waals surface area contributed by atoms with Gasteiger partial charge in [0.2, 0.25) is 5.91 Å². The Morgan fingerprint density at radius 1 is 1.13 bits per heavy atom. The number of nitrogens with zero attached hydrogens (tertiary/aromatic N) is 5. The predicted molar refractivity (Wildman–Crippen MR) is 108 cm³/mol. The molecule has 3 aromatic heterocycles. The molecule has 8 nitrogen and oxygen atoms in total. The van der Waals surface area contributed by atoms with Crippen molar-refractivity contribution in [1.82, 2.24) is 29.3 Å². The molecule has 11 heteroatoms. The number of amides is 1. The van der Waals surface area contributed by atoms with Crippen molar-refractivity contribution < 1.29 is 18.0 Å². The lowest BCUT2D eigenvalue weighted by molar-refractivity contribution is -0.136. The van der Waals surface area contributed by atoms with Crippen LogP contribution in [-0.2, 0) is 18.0 Å². The maximum atomic E-state index is 12.7. The van der Waals surface area contributed by atoms with Crippen LogP contribution in [0.15, 0.2) is 42.2 Å². The molecule has 0 aliphatic carbocycles. The lowest BCUT2D eigenvalue weighted by Crippen LogP contribution is -2.29. The summed E-state index contributed by atoms with van der Waals surface area (Å²) in [6.45, 7) is 5.32. The quantitative estimate of drug-likeness (QED) is 0.626. The fraction of sp³-hybridized carbons (Fsp3) is 0.400. The van der Waals surface area contributed by atoms with Crippen molar-refractivity contribution in [2.24, 2.45) is 7.05 Å². The van der Waals surface area contributed by atoms with E-state index in [0.29, 0.717) is 17.5 Å². The zero-order chi connectivity index (χ0) is 22.6. The number of carbonyl (C=O) groups excluding carboxylic acids is 1. The minimum Gasteiger partial charge on any atom is -0.339 e. The Morgan fingerprint density at radius 3 is 2.35 bits per heavy atom. The van der Waals surface area contributed by atoms with Gasteiger partial charge < -0.3 is 9.88 Å². The van der Waals surface area contributed by atoms with E-state index < -0.39 is 22.8 Å². The first-order valence-electron chi connectivity index (χ1n) is 9.79. The molecule has 0 spiro atoms. The fourth-order valence-corrected chi connectivity index (χ4v) is 3.36. The highest BCUT2D eigenvalue weighted by atomic mass is 19.4. The Bertz CT molecular complexity index is 1120. The molecular formula is C20H23F3N6O2. The van der Waals surface area contributed by atoms with Crippen LogP contribution in [0.2, 0.25) is 0 Å². The summed E-state index contributed by atoms with van der Waals surface area (Å²) >= 11 is 0. The molecule has 0 aromatic carbocycles. The highest BCUT2D eigenvalue weighted by Crippen LogP contribution is 2.31. The molecule has 3 aromatic rings. The first-order chi connectivity index (χ1) is 14.7. The summed E-state index contributed by atoms with van der Waals surface area (Å²) < 4.78 is 40.7. The number of fused-ring (bicyclic) bond motifs is 1. The van der Waals surface area contributed by atoms with E-state index in [4.69, 9.17) is 0 Å². The minimum atomic E-state index is -4.62. The minimum absolute atomic E-state index is 0.0897. The number of hydrogen-bond donors (Lipinski definition) is 1. The Morgan fingerprint density at radius 2 is 1.81 bits per heavy atom. The number of alkyl halides is 3. The topological polar surface area (TPSA) is 88.3 Å². The predicted octanol–water partition coefficient (Wildman–Crippen LogP) is 3.02. The molecule has 1 amide bonds. The summed E-state index contributed by atoms with van der Waals surface area (Å²) in [6, 6.07) is 0. The first kappa shape index (κ1) is 22.3. The smallest absolute Gasteiger partial charge is 0.339 e. The molecule has 166 valence electrons. The number of aryl methyl sites for hydroxylation is 1. The van der Waals surface area contributed by atoms with Gasteiger partial charge in [0.1, 0.15) is 11.1 Å². The third-order valence-electron chi connectivity index (χ3n) is 4.92. The van der Waals surface area contributed by atoms with E-state index in [1.807, 2.05) is 4.90 Å². The van der Waals surface area contributed by atoms with E-state index in [2.05, 4.69) is 21.8 Å². The lowest BCUT2D eigenvalue weighted by atomic mass is 10.2. The molecule has 0 bridgehead atoms. The van der Waals surface area contributed by atoms with Crippen LogP contribution in [-0.4, -0.2) is 48.3 Å². The van der Waals surface area contributed by atoms with Crippen molar-refractivity contribution in [2.45, 2.75) is 31.9 Å². The van der Waals surface area contributed by atoms with Crippen LogP contribution in [0, 0.1) is 0 Å². The van der Waals surface area contributed by atoms with Gasteiger partial charge in [0.25, 0.3) is 5.56 Å². The summed E-state index contributed by atoms with van der Waals surface area (Å²) in [4.78, 5) is 27.3. The van der Waals surface area contributed by atoms with Crippen LogP contribution in [0.3, 0.4) is 0 Å². The van der Waals surface area contributed by atoms with Gasteiger partial charge in [0.05, 0.1) is 24.3 Å². The zero-order valence-electron chi connectivity index (χ0n) is 17.0. The Hall–Kier alpha value is -3.37. The van der Waals surface area contributed by atoms with Crippen molar-refractivity contribution in [2.75, 3.05) is 13.1 Å². The molecule has 1 fully saturated rings. The van der Waals surface area contributed by atoms with Gasteiger partial charge in [-0.2, -0.15) is 23.4 Å². The van der Waals surface area contributed by atoms with Gasteiger partial charge in [0.15, 0.2) is 0 Å². The molecule has 31 heavy (non-hydrogen) atoms. The van der Waals surface area contributed by atoms with Crippen LogP contribution >= 0.6 is 0 Å². The van der Waals surface area contributed by atoms with Crippen molar-refractivity contribution in [1.29, 1.82) is 0 Å². The van der Waals surface area contributed by atoms with E-state index in [-0.39, 0.29) is 5.91 Å².